The van der Waals surface area contributed by atoms with Crippen molar-refractivity contribution in [2.45, 2.75) is 51.1 Å². The number of hydrogen-bond donors (Lipinski definition) is 2. The minimum atomic E-state index is -0.185. The van der Waals surface area contributed by atoms with E-state index in [0.717, 1.165) is 34.7 Å². The molecule has 2 heterocycles. The molecule has 0 bridgehead atoms. The summed E-state index contributed by atoms with van der Waals surface area (Å²) in [5.74, 6) is 0.883. The molecule has 2 aliphatic rings. The number of fused-ring (bicyclic) bond motifs is 1. The molecule has 8 heteroatoms. The Morgan fingerprint density at radius 3 is 2.72 bits per heavy atom. The van der Waals surface area contributed by atoms with Crippen LogP contribution in [0.3, 0.4) is 0 Å². The molecule has 1 fully saturated rings. The van der Waals surface area contributed by atoms with Crippen LogP contribution in [0.5, 0.6) is 5.75 Å². The molecule has 2 aromatic rings. The average Bonchev–Trinajstić information content (AvgIpc) is 3.36. The summed E-state index contributed by atoms with van der Waals surface area (Å²) < 4.78 is 5.16. The second-order valence-corrected chi connectivity index (χ2v) is 8.64. The summed E-state index contributed by atoms with van der Waals surface area (Å²) in [6.07, 6.45) is 5.53. The number of benzene rings is 1. The minimum absolute atomic E-state index is 0.0997. The lowest BCUT2D eigenvalue weighted by Gasteiger charge is -2.26. The van der Waals surface area contributed by atoms with Gasteiger partial charge in [0.25, 0.3) is 0 Å². The van der Waals surface area contributed by atoms with Crippen LogP contribution in [-0.4, -0.2) is 41.5 Å². The topological polar surface area (TPSA) is 83.6 Å². The van der Waals surface area contributed by atoms with E-state index >= 15 is 0 Å². The number of hydrogen-bond acceptors (Lipinski definition) is 5. The van der Waals surface area contributed by atoms with Gasteiger partial charge in [-0.15, -0.1) is 0 Å². The summed E-state index contributed by atoms with van der Waals surface area (Å²) in [4.78, 5) is 32.4. The Kier molecular flexibility index (Phi) is 5.99. The highest BCUT2D eigenvalue weighted by molar-refractivity contribution is 7.15. The second-order valence-electron chi connectivity index (χ2n) is 7.56. The monoisotopic (exact) mass is 414 g/mol. The smallest absolute Gasteiger partial charge is 0.321 e. The molecule has 4 rings (SSSR count). The Morgan fingerprint density at radius 2 is 2.00 bits per heavy atom. The molecule has 3 amide bonds. The normalized spacial score (nSPS) is 16.4. The SMILES string of the molecule is COc1ccc(CC(=O)N2CCc3nc(NC(=O)NC4CCCC4)sc3C2)cc1. The Hall–Kier alpha value is -2.61. The van der Waals surface area contributed by atoms with Crippen molar-refractivity contribution in [2.75, 3.05) is 19.0 Å². The lowest BCUT2D eigenvalue weighted by atomic mass is 10.1. The van der Waals surface area contributed by atoms with Gasteiger partial charge < -0.3 is 15.0 Å². The number of nitrogens with zero attached hydrogens (tertiary/aromatic N) is 2. The number of rotatable bonds is 5. The molecule has 0 spiro atoms. The molecule has 1 aliphatic heterocycles. The van der Waals surface area contributed by atoms with E-state index < -0.39 is 0 Å². The average molecular weight is 415 g/mol. The number of carbonyl (C=O) groups excluding carboxylic acids is 2. The predicted octanol–water partition coefficient (Wildman–Crippen LogP) is 3.34. The van der Waals surface area contributed by atoms with Crippen LogP contribution in [-0.2, 0) is 24.2 Å². The Labute approximate surface area is 174 Å². The quantitative estimate of drug-likeness (QED) is 0.786. The number of thiazole rings is 1. The third-order valence-corrected chi connectivity index (χ3v) is 6.51. The third kappa shape index (κ3) is 4.87. The summed E-state index contributed by atoms with van der Waals surface area (Å²) in [5, 5.41) is 6.48. The summed E-state index contributed by atoms with van der Waals surface area (Å²) >= 11 is 1.46. The molecule has 154 valence electrons. The predicted molar refractivity (Wildman–Crippen MR) is 112 cm³/mol. The van der Waals surface area contributed by atoms with Crippen LogP contribution < -0.4 is 15.4 Å². The highest BCUT2D eigenvalue weighted by atomic mass is 32.1. The first-order chi connectivity index (χ1) is 14.1. The molecule has 29 heavy (non-hydrogen) atoms. The zero-order valence-corrected chi connectivity index (χ0v) is 17.4. The number of nitrogens with one attached hydrogen (secondary N) is 2. The maximum absolute atomic E-state index is 12.7. The second kappa shape index (κ2) is 8.82. The van der Waals surface area contributed by atoms with Gasteiger partial charge in [-0.2, -0.15) is 0 Å². The molecule has 0 atom stereocenters. The van der Waals surface area contributed by atoms with Gasteiger partial charge in [-0.05, 0) is 30.5 Å². The van der Waals surface area contributed by atoms with E-state index in [-0.39, 0.29) is 18.0 Å². The molecule has 1 saturated carbocycles. The first-order valence-corrected chi connectivity index (χ1v) is 10.9. The van der Waals surface area contributed by atoms with Crippen molar-refractivity contribution in [3.8, 4) is 5.75 Å². The van der Waals surface area contributed by atoms with Crippen LogP contribution in [0.15, 0.2) is 24.3 Å². The zero-order valence-electron chi connectivity index (χ0n) is 16.6. The summed E-state index contributed by atoms with van der Waals surface area (Å²) in [5.41, 5.74) is 1.96. The number of amides is 3. The van der Waals surface area contributed by atoms with Crippen LogP contribution in [0.1, 0.15) is 41.8 Å². The Balaban J connectivity index is 1.33. The van der Waals surface area contributed by atoms with Gasteiger partial charge >= 0.3 is 6.03 Å². The highest BCUT2D eigenvalue weighted by Crippen LogP contribution is 2.29. The van der Waals surface area contributed by atoms with E-state index in [1.165, 1.54) is 24.2 Å². The van der Waals surface area contributed by atoms with Crippen molar-refractivity contribution in [2.24, 2.45) is 0 Å². The number of methoxy groups -OCH3 is 1. The summed E-state index contributed by atoms with van der Waals surface area (Å²) in [6, 6.07) is 7.67. The van der Waals surface area contributed by atoms with Crippen LogP contribution in [0.4, 0.5) is 9.93 Å². The van der Waals surface area contributed by atoms with Crippen molar-refractivity contribution < 1.29 is 14.3 Å². The highest BCUT2D eigenvalue weighted by Gasteiger charge is 2.25. The number of carbonyl (C=O) groups is 2. The Morgan fingerprint density at radius 1 is 1.24 bits per heavy atom. The van der Waals surface area contributed by atoms with Gasteiger partial charge in [0.1, 0.15) is 5.75 Å². The fourth-order valence-corrected chi connectivity index (χ4v) is 4.90. The van der Waals surface area contributed by atoms with Gasteiger partial charge in [0.2, 0.25) is 5.91 Å². The van der Waals surface area contributed by atoms with Crippen LogP contribution in [0.2, 0.25) is 0 Å². The van der Waals surface area contributed by atoms with Gasteiger partial charge in [0.15, 0.2) is 5.13 Å². The zero-order chi connectivity index (χ0) is 20.2. The number of ether oxygens (including phenoxy) is 1. The molecular weight excluding hydrogens is 388 g/mol. The first kappa shape index (κ1) is 19.7. The van der Waals surface area contributed by atoms with Crippen molar-refractivity contribution in [3.05, 3.63) is 40.4 Å². The lowest BCUT2D eigenvalue weighted by Crippen LogP contribution is -2.36. The molecule has 0 unspecified atom stereocenters. The maximum atomic E-state index is 12.7. The molecule has 1 aromatic carbocycles. The van der Waals surface area contributed by atoms with Gasteiger partial charge in [-0.25, -0.2) is 9.78 Å². The lowest BCUT2D eigenvalue weighted by molar-refractivity contribution is -0.131. The van der Waals surface area contributed by atoms with Crippen molar-refractivity contribution in [3.63, 3.8) is 0 Å². The van der Waals surface area contributed by atoms with Crippen LogP contribution in [0, 0.1) is 0 Å². The molecule has 1 aliphatic carbocycles. The third-order valence-electron chi connectivity index (χ3n) is 5.51. The molecular formula is C21H26N4O3S. The standard InChI is InChI=1S/C21H26N4O3S/c1-28-16-8-6-14(7-9-16)12-19(26)25-11-10-17-18(13-25)29-21(23-17)24-20(27)22-15-4-2-3-5-15/h6-9,15H,2-5,10-13H2,1H3,(H2,22,23,24,27). The Bertz CT molecular complexity index is 875. The van der Waals surface area contributed by atoms with Crippen LogP contribution >= 0.6 is 11.3 Å². The van der Waals surface area contributed by atoms with E-state index in [1.54, 1.807) is 7.11 Å². The van der Waals surface area contributed by atoms with Crippen molar-refractivity contribution in [1.82, 2.24) is 15.2 Å². The van der Waals surface area contributed by atoms with Crippen LogP contribution in [0.25, 0.3) is 0 Å². The minimum Gasteiger partial charge on any atom is -0.497 e. The largest absolute Gasteiger partial charge is 0.497 e. The van der Waals surface area contributed by atoms with Gasteiger partial charge in [-0.3, -0.25) is 10.1 Å². The summed E-state index contributed by atoms with van der Waals surface area (Å²) in [6.45, 7) is 1.20. The molecule has 1 aromatic heterocycles. The van der Waals surface area contributed by atoms with Crippen molar-refractivity contribution in [1.29, 1.82) is 0 Å². The molecule has 0 saturated heterocycles. The van der Waals surface area contributed by atoms with Crippen molar-refractivity contribution >= 4 is 28.4 Å². The van der Waals surface area contributed by atoms with Gasteiger partial charge in [0, 0.05) is 23.9 Å². The van der Waals surface area contributed by atoms with Gasteiger partial charge in [0.05, 0.1) is 25.8 Å². The molecule has 7 nitrogen and oxygen atoms in total. The number of urea groups is 1. The summed E-state index contributed by atoms with van der Waals surface area (Å²) in [7, 11) is 1.63. The van der Waals surface area contributed by atoms with Gasteiger partial charge in [-0.1, -0.05) is 36.3 Å². The van der Waals surface area contributed by atoms with E-state index in [4.69, 9.17) is 4.74 Å². The van der Waals surface area contributed by atoms with E-state index in [2.05, 4.69) is 15.6 Å². The van der Waals surface area contributed by atoms with E-state index in [1.807, 2.05) is 29.2 Å². The maximum Gasteiger partial charge on any atom is 0.321 e. The van der Waals surface area contributed by atoms with E-state index in [9.17, 15) is 9.59 Å². The van der Waals surface area contributed by atoms with E-state index in [0.29, 0.717) is 31.1 Å². The fourth-order valence-electron chi connectivity index (χ4n) is 3.88. The molecule has 0 radical (unpaired) electrons. The molecule has 2 N–H and O–H groups in total. The first-order valence-electron chi connectivity index (χ1n) is 10.1. The fraction of sp³-hybridized carbons (Fsp3) is 0.476. The number of aromatic nitrogens is 1. The number of anilines is 1.